The molecule has 0 saturated heterocycles. The number of rotatable bonds is 6. The summed E-state index contributed by atoms with van der Waals surface area (Å²) in [6.45, 7) is 5.94. The lowest BCUT2D eigenvalue weighted by atomic mass is 9.92. The minimum Gasteiger partial charge on any atom is -0.464 e. The lowest BCUT2D eigenvalue weighted by Crippen LogP contribution is -2.37. The minimum absolute atomic E-state index is 0.0358. The first-order valence-electron chi connectivity index (χ1n) is 6.05. The Balaban J connectivity index is 3.08. The Morgan fingerprint density at radius 3 is 2.58 bits per heavy atom. The molecule has 0 radical (unpaired) electrons. The molecule has 0 spiro atoms. The summed E-state index contributed by atoms with van der Waals surface area (Å²) in [5.41, 5.74) is -0.344. The number of aromatic nitrogens is 3. The number of nitrogens with zero attached hydrogens (tertiary/aromatic N) is 3. The van der Waals surface area contributed by atoms with Gasteiger partial charge in [-0.1, -0.05) is 19.1 Å². The van der Waals surface area contributed by atoms with Crippen molar-refractivity contribution in [2.45, 2.75) is 39.5 Å². The molecule has 0 aliphatic heterocycles. The second-order valence-electron chi connectivity index (χ2n) is 4.98. The maximum Gasteiger partial charge on any atom is 0.360 e. The topological polar surface area (TPSA) is 86.5 Å². The second-order valence-corrected chi connectivity index (χ2v) is 4.98. The van der Waals surface area contributed by atoms with Crippen LogP contribution in [-0.2, 0) is 22.6 Å². The fraction of sp³-hybridized carbons (Fsp3) is 0.750. The van der Waals surface area contributed by atoms with Crippen LogP contribution in [0.1, 0.15) is 37.0 Å². The first-order chi connectivity index (χ1) is 8.83. The molecular weight excluding hydrogens is 250 g/mol. The van der Waals surface area contributed by atoms with Crippen molar-refractivity contribution in [1.82, 2.24) is 15.0 Å². The summed E-state index contributed by atoms with van der Waals surface area (Å²) in [6.07, 6.45) is 0. The number of hydrogen-bond acceptors (Lipinski definition) is 6. The van der Waals surface area contributed by atoms with Crippen molar-refractivity contribution in [3.05, 3.63) is 11.4 Å². The van der Waals surface area contributed by atoms with Gasteiger partial charge in [0.15, 0.2) is 5.69 Å². The van der Waals surface area contributed by atoms with Gasteiger partial charge in [-0.05, 0) is 12.8 Å². The van der Waals surface area contributed by atoms with Gasteiger partial charge in [-0.3, -0.25) is 0 Å². The largest absolute Gasteiger partial charge is 0.464 e. The lowest BCUT2D eigenvalue weighted by Gasteiger charge is -2.27. The van der Waals surface area contributed by atoms with Crippen molar-refractivity contribution in [1.29, 1.82) is 0 Å². The molecule has 1 N–H and O–H groups in total. The summed E-state index contributed by atoms with van der Waals surface area (Å²) >= 11 is 0. The van der Waals surface area contributed by atoms with Crippen LogP contribution in [0.3, 0.4) is 0 Å². The molecule has 19 heavy (non-hydrogen) atoms. The molecule has 7 nitrogen and oxygen atoms in total. The third-order valence-electron chi connectivity index (χ3n) is 3.21. The summed E-state index contributed by atoms with van der Waals surface area (Å²) < 4.78 is 11.2. The van der Waals surface area contributed by atoms with Gasteiger partial charge in [0.25, 0.3) is 0 Å². The van der Waals surface area contributed by atoms with Gasteiger partial charge < -0.3 is 14.6 Å². The Morgan fingerprint density at radius 2 is 2.11 bits per heavy atom. The molecule has 1 atom stereocenters. The predicted molar refractivity (Wildman–Crippen MR) is 67.5 cm³/mol. The predicted octanol–water partition coefficient (Wildman–Crippen LogP) is 0.618. The molecular formula is C12H21N3O4. The Kier molecular flexibility index (Phi) is 5.02. The molecule has 0 aliphatic carbocycles. The van der Waals surface area contributed by atoms with Gasteiger partial charge in [0.2, 0.25) is 0 Å². The smallest absolute Gasteiger partial charge is 0.360 e. The van der Waals surface area contributed by atoms with Crippen LogP contribution in [0.25, 0.3) is 0 Å². The zero-order valence-corrected chi connectivity index (χ0v) is 12.0. The number of carbonyl (C=O) groups is 1. The van der Waals surface area contributed by atoms with E-state index in [1.807, 2.05) is 13.8 Å². The minimum atomic E-state index is -0.955. The molecule has 108 valence electrons. The van der Waals surface area contributed by atoms with Crippen molar-refractivity contribution < 1.29 is 19.4 Å². The first-order valence-corrected chi connectivity index (χ1v) is 6.05. The fourth-order valence-electron chi connectivity index (χ4n) is 1.48. The monoisotopic (exact) mass is 271 g/mol. The number of methoxy groups -OCH3 is 2. The Labute approximate surface area is 112 Å². The summed E-state index contributed by atoms with van der Waals surface area (Å²) in [5, 5.41) is 18.0. The van der Waals surface area contributed by atoms with E-state index in [1.165, 1.54) is 18.9 Å². The van der Waals surface area contributed by atoms with E-state index >= 15 is 0 Å². The molecule has 0 amide bonds. The van der Waals surface area contributed by atoms with E-state index in [9.17, 15) is 9.90 Å². The molecule has 1 aromatic heterocycles. The molecule has 1 unspecified atom stereocenters. The van der Waals surface area contributed by atoms with Crippen LogP contribution in [0.15, 0.2) is 0 Å². The van der Waals surface area contributed by atoms with Crippen LogP contribution in [0.4, 0.5) is 0 Å². The molecule has 1 rings (SSSR count). The van der Waals surface area contributed by atoms with E-state index in [2.05, 4.69) is 15.0 Å². The standard InChI is InChI=1S/C12H21N3O4/c1-8(2)12(3,17)7-15-9(6-18-4)10(13-14-15)11(16)19-5/h8,17H,6-7H2,1-5H3. The number of ether oxygens (including phenoxy) is 2. The molecule has 1 heterocycles. The molecule has 0 fully saturated rings. The highest BCUT2D eigenvalue weighted by Gasteiger charge is 2.29. The van der Waals surface area contributed by atoms with Crippen LogP contribution >= 0.6 is 0 Å². The summed E-state index contributed by atoms with van der Waals surface area (Å²) in [7, 11) is 2.79. The number of hydrogen-bond donors (Lipinski definition) is 1. The molecule has 0 aliphatic rings. The van der Waals surface area contributed by atoms with Gasteiger partial charge in [0.1, 0.15) is 0 Å². The van der Waals surface area contributed by atoms with Gasteiger partial charge in [0, 0.05) is 7.11 Å². The highest BCUT2D eigenvalue weighted by molar-refractivity contribution is 5.88. The third-order valence-corrected chi connectivity index (χ3v) is 3.21. The maximum absolute atomic E-state index is 11.6. The van der Waals surface area contributed by atoms with Gasteiger partial charge in [-0.2, -0.15) is 0 Å². The van der Waals surface area contributed by atoms with E-state index in [4.69, 9.17) is 4.74 Å². The Bertz CT molecular complexity index is 440. The Morgan fingerprint density at radius 1 is 1.47 bits per heavy atom. The third kappa shape index (κ3) is 3.51. The van der Waals surface area contributed by atoms with Crippen LogP contribution in [0, 0.1) is 5.92 Å². The Hall–Kier alpha value is -1.47. The second kappa shape index (κ2) is 6.12. The number of esters is 1. The zero-order valence-electron chi connectivity index (χ0n) is 12.0. The summed E-state index contributed by atoms with van der Waals surface area (Å²) in [6, 6.07) is 0. The van der Waals surface area contributed by atoms with E-state index in [0.717, 1.165) is 0 Å². The van der Waals surface area contributed by atoms with Gasteiger partial charge in [0.05, 0.1) is 31.6 Å². The van der Waals surface area contributed by atoms with Crippen molar-refractivity contribution >= 4 is 5.97 Å². The molecule has 7 heteroatoms. The average molecular weight is 271 g/mol. The van der Waals surface area contributed by atoms with Crippen molar-refractivity contribution in [2.75, 3.05) is 14.2 Å². The molecule has 0 bridgehead atoms. The fourth-order valence-corrected chi connectivity index (χ4v) is 1.48. The van der Waals surface area contributed by atoms with Crippen molar-refractivity contribution in [2.24, 2.45) is 5.92 Å². The first kappa shape index (κ1) is 15.6. The van der Waals surface area contributed by atoms with Gasteiger partial charge >= 0.3 is 5.97 Å². The molecule has 0 saturated carbocycles. The van der Waals surface area contributed by atoms with Crippen LogP contribution in [0.2, 0.25) is 0 Å². The SMILES string of the molecule is COCc1c(C(=O)OC)nnn1CC(C)(O)C(C)C. The van der Waals surface area contributed by atoms with E-state index in [1.54, 1.807) is 6.92 Å². The maximum atomic E-state index is 11.6. The van der Waals surface area contributed by atoms with Crippen molar-refractivity contribution in [3.8, 4) is 0 Å². The number of aliphatic hydroxyl groups is 1. The summed E-state index contributed by atoms with van der Waals surface area (Å²) in [4.78, 5) is 11.6. The van der Waals surface area contributed by atoms with Crippen molar-refractivity contribution in [3.63, 3.8) is 0 Å². The molecule has 1 aromatic rings. The van der Waals surface area contributed by atoms with E-state index in [0.29, 0.717) is 5.69 Å². The van der Waals surface area contributed by atoms with Crippen LogP contribution in [-0.4, -0.2) is 45.9 Å². The highest BCUT2D eigenvalue weighted by atomic mass is 16.5. The molecule has 0 aromatic carbocycles. The summed E-state index contributed by atoms with van der Waals surface area (Å²) in [5.74, 6) is -0.531. The quantitative estimate of drug-likeness (QED) is 0.763. The number of carbonyl (C=O) groups excluding carboxylic acids is 1. The lowest BCUT2D eigenvalue weighted by molar-refractivity contribution is -0.00793. The van der Waals surface area contributed by atoms with Crippen LogP contribution in [0.5, 0.6) is 0 Å². The average Bonchev–Trinajstić information content (AvgIpc) is 2.71. The van der Waals surface area contributed by atoms with Gasteiger partial charge in [-0.15, -0.1) is 5.10 Å². The van der Waals surface area contributed by atoms with Crippen LogP contribution < -0.4 is 0 Å². The van der Waals surface area contributed by atoms with E-state index < -0.39 is 11.6 Å². The van der Waals surface area contributed by atoms with E-state index in [-0.39, 0.29) is 24.8 Å². The normalized spacial score (nSPS) is 14.5. The zero-order chi connectivity index (χ0) is 14.6. The van der Waals surface area contributed by atoms with Gasteiger partial charge in [-0.25, -0.2) is 9.48 Å². The highest BCUT2D eigenvalue weighted by Crippen LogP contribution is 2.20.